The Bertz CT molecular complexity index is 373. The van der Waals surface area contributed by atoms with Crippen LogP contribution in [0.1, 0.15) is 5.82 Å². The van der Waals surface area contributed by atoms with E-state index in [1.54, 1.807) is 6.92 Å². The molecule has 0 saturated carbocycles. The van der Waals surface area contributed by atoms with Gasteiger partial charge in [0, 0.05) is 5.82 Å². The Hall–Kier alpha value is -1.42. The van der Waals surface area contributed by atoms with Gasteiger partial charge in [-0.05, 0) is 17.4 Å². The molecule has 0 radical (unpaired) electrons. The van der Waals surface area contributed by atoms with Crippen molar-refractivity contribution >= 4 is 5.95 Å². The minimum Gasteiger partial charge on any atom is -0.458 e. The molecule has 0 saturated heterocycles. The van der Waals surface area contributed by atoms with E-state index >= 15 is 0 Å². The van der Waals surface area contributed by atoms with Crippen LogP contribution in [-0.4, -0.2) is 35.9 Å². The Balaban J connectivity index is 0. The van der Waals surface area contributed by atoms with Crippen LogP contribution in [-0.2, 0) is 34.1 Å². The van der Waals surface area contributed by atoms with E-state index in [9.17, 15) is 10.1 Å². The number of aryl methyl sites for hydroxylation is 1. The van der Waals surface area contributed by atoms with Crippen LogP contribution in [0.2, 0.25) is 0 Å². The van der Waals surface area contributed by atoms with Gasteiger partial charge in [0.2, 0.25) is 0 Å². The molecule has 2 heterocycles. The van der Waals surface area contributed by atoms with Crippen LogP contribution in [0.4, 0.5) is 5.95 Å². The van der Waals surface area contributed by atoms with Gasteiger partial charge in [0.05, 0.1) is 0 Å². The normalized spacial score (nSPS) is 7.81. The fourth-order valence-corrected chi connectivity index (χ4v) is 0.402. The van der Waals surface area contributed by atoms with Crippen molar-refractivity contribution in [3.05, 3.63) is 15.9 Å². The fourth-order valence-electron chi connectivity index (χ4n) is 0.402. The third-order valence-electron chi connectivity index (χ3n) is 0.891. The summed E-state index contributed by atoms with van der Waals surface area (Å²) >= 11 is 0. The maximum atomic E-state index is 9.66. The summed E-state index contributed by atoms with van der Waals surface area (Å²) < 4.78 is 0. The summed E-state index contributed by atoms with van der Waals surface area (Å²) in [5.41, 5.74) is 0. The molecule has 0 spiro atoms. The molecule has 0 atom stereocenters. The number of nitrogens with zero attached hydrogens (tertiary/aromatic N) is 9. The maximum Gasteiger partial charge on any atom is 1.00 e. The van der Waals surface area contributed by atoms with E-state index in [4.69, 9.17) is 0 Å². The topological polar surface area (TPSA) is 149 Å². The van der Waals surface area contributed by atoms with Gasteiger partial charge in [-0.3, -0.25) is 15.5 Å². The van der Waals surface area contributed by atoms with E-state index in [1.165, 1.54) is 0 Å². The average Bonchev–Trinajstić information content (AvgIpc) is 2.75. The first-order valence-corrected chi connectivity index (χ1v) is 3.18. The van der Waals surface area contributed by atoms with Gasteiger partial charge in [0.15, 0.2) is 0 Å². The van der Waals surface area contributed by atoms with Crippen molar-refractivity contribution in [2.45, 2.75) is 6.92 Å². The smallest absolute Gasteiger partial charge is 0.458 e. The first-order valence-electron chi connectivity index (χ1n) is 3.18. The van der Waals surface area contributed by atoms with Crippen molar-refractivity contribution in [3.8, 4) is 0 Å². The molecule has 2 aromatic rings. The molecule has 2 aromatic heterocycles. The van der Waals surface area contributed by atoms with Crippen molar-refractivity contribution in [3.63, 3.8) is 0 Å². The number of nitro groups is 1. The SMILES string of the molecule is Cc1nn[n-]n1.O=[N+]([O-])c1nnn[n-]1.[Cu+].[Cu+]. The summed E-state index contributed by atoms with van der Waals surface area (Å²) in [6, 6.07) is 0. The van der Waals surface area contributed by atoms with E-state index in [1.807, 2.05) is 0 Å². The second kappa shape index (κ2) is 8.85. The van der Waals surface area contributed by atoms with Gasteiger partial charge in [-0.15, -0.1) is 0 Å². The Morgan fingerprint density at radius 2 is 1.94 bits per heavy atom. The standard InChI is InChI=1S/C2H3N4.CN5O2.2Cu/c1-2-3-5-6-4-2;7-6(8)1-2-4-5-3-1;;/h1H3;;;/q2*-1;2*+1. The first-order chi connectivity index (χ1) is 6.70. The number of aromatic nitrogens is 8. The van der Waals surface area contributed by atoms with Crippen LogP contribution in [0.5, 0.6) is 0 Å². The van der Waals surface area contributed by atoms with Crippen molar-refractivity contribution in [2.75, 3.05) is 0 Å². The van der Waals surface area contributed by atoms with E-state index in [0.29, 0.717) is 5.82 Å². The fraction of sp³-hybridized carbons (Fsp3) is 0.333. The van der Waals surface area contributed by atoms with Gasteiger partial charge < -0.3 is 15.2 Å². The van der Waals surface area contributed by atoms with Gasteiger partial charge in [-0.2, -0.15) is 4.92 Å². The minimum atomic E-state index is -0.764. The molecular formula is C3H3Cu2N9O2. The van der Waals surface area contributed by atoms with Gasteiger partial charge >= 0.3 is 34.1 Å². The second-order valence-electron chi connectivity index (χ2n) is 1.86. The van der Waals surface area contributed by atoms with Crippen molar-refractivity contribution in [2.24, 2.45) is 0 Å². The minimum absolute atomic E-state index is 0. The van der Waals surface area contributed by atoms with Crippen LogP contribution >= 0.6 is 0 Å². The summed E-state index contributed by atoms with van der Waals surface area (Å²) in [5, 5.41) is 34.6. The number of hydrogen-bond acceptors (Lipinski definition) is 8. The molecule has 0 N–H and O–H groups in total. The third-order valence-corrected chi connectivity index (χ3v) is 0.891. The molecule has 16 heavy (non-hydrogen) atoms. The number of hydrogen-bond donors (Lipinski definition) is 0. The number of tetrazole rings is 2. The summed E-state index contributed by atoms with van der Waals surface area (Å²) in [5.74, 6) is 0.0556. The molecule has 0 unspecified atom stereocenters. The molecule has 11 nitrogen and oxygen atoms in total. The molecule has 0 aliphatic carbocycles. The zero-order valence-corrected chi connectivity index (χ0v) is 9.33. The van der Waals surface area contributed by atoms with E-state index in [2.05, 4.69) is 41.2 Å². The second-order valence-corrected chi connectivity index (χ2v) is 1.86. The van der Waals surface area contributed by atoms with Crippen LogP contribution < -0.4 is 10.3 Å². The Labute approximate surface area is 109 Å². The van der Waals surface area contributed by atoms with E-state index in [-0.39, 0.29) is 34.1 Å². The molecule has 0 fully saturated rings. The predicted molar refractivity (Wildman–Crippen MR) is 37.7 cm³/mol. The quantitative estimate of drug-likeness (QED) is 0.323. The Morgan fingerprint density at radius 1 is 1.25 bits per heavy atom. The van der Waals surface area contributed by atoms with Crippen LogP contribution in [0.15, 0.2) is 0 Å². The molecular weight excluding hydrogens is 321 g/mol. The maximum absolute atomic E-state index is 9.66. The van der Waals surface area contributed by atoms with Crippen molar-refractivity contribution in [1.29, 1.82) is 0 Å². The third kappa shape index (κ3) is 6.14. The summed E-state index contributed by atoms with van der Waals surface area (Å²) in [7, 11) is 0. The first kappa shape index (κ1) is 17.0. The number of rotatable bonds is 1. The van der Waals surface area contributed by atoms with Crippen LogP contribution in [0.25, 0.3) is 0 Å². The molecule has 0 aromatic carbocycles. The average molecular weight is 324 g/mol. The zero-order valence-electron chi connectivity index (χ0n) is 7.44. The molecule has 0 amide bonds. The molecule has 94 valence electrons. The van der Waals surface area contributed by atoms with E-state index in [0.717, 1.165) is 0 Å². The molecule has 0 bridgehead atoms. The molecule has 2 rings (SSSR count). The largest absolute Gasteiger partial charge is 1.00 e. The monoisotopic (exact) mass is 323 g/mol. The van der Waals surface area contributed by atoms with Crippen LogP contribution in [0, 0.1) is 17.0 Å². The van der Waals surface area contributed by atoms with Crippen molar-refractivity contribution in [1.82, 2.24) is 41.2 Å². The van der Waals surface area contributed by atoms with Crippen LogP contribution in [0.3, 0.4) is 0 Å². The molecule has 13 heteroatoms. The van der Waals surface area contributed by atoms with Crippen molar-refractivity contribution < 1.29 is 39.1 Å². The van der Waals surface area contributed by atoms with Gasteiger partial charge in [-0.25, -0.2) is 0 Å². The van der Waals surface area contributed by atoms with E-state index < -0.39 is 10.9 Å². The predicted octanol–water partition coefficient (Wildman–Crippen LogP) is -2.13. The molecule has 0 aliphatic heterocycles. The Kier molecular flexibility index (Phi) is 9.40. The Morgan fingerprint density at radius 3 is 2.12 bits per heavy atom. The van der Waals surface area contributed by atoms with Gasteiger partial charge in [-0.1, -0.05) is 10.2 Å². The summed E-state index contributed by atoms with van der Waals surface area (Å²) in [6.45, 7) is 1.74. The van der Waals surface area contributed by atoms with Gasteiger partial charge in [0.25, 0.3) is 5.95 Å². The zero-order chi connectivity index (χ0) is 10.4. The molecule has 0 aliphatic rings. The van der Waals surface area contributed by atoms with Gasteiger partial charge in [0.1, 0.15) is 0 Å². The summed E-state index contributed by atoms with van der Waals surface area (Å²) in [4.78, 5) is 8.90. The summed E-state index contributed by atoms with van der Waals surface area (Å²) in [6.07, 6.45) is 0.